The van der Waals surface area contributed by atoms with Gasteiger partial charge in [-0.1, -0.05) is 36.4 Å². The molecule has 0 fully saturated rings. The molecule has 6 heteroatoms. The van der Waals surface area contributed by atoms with Crippen LogP contribution in [-0.4, -0.2) is 32.7 Å². The third-order valence-corrected chi connectivity index (χ3v) is 4.92. The van der Waals surface area contributed by atoms with Crippen molar-refractivity contribution in [2.75, 3.05) is 23.8 Å². The highest BCUT2D eigenvalue weighted by molar-refractivity contribution is 7.79. The van der Waals surface area contributed by atoms with Crippen molar-refractivity contribution in [2.24, 2.45) is 0 Å². The van der Waals surface area contributed by atoms with Crippen LogP contribution in [0.25, 0.3) is 0 Å². The first-order valence-corrected chi connectivity index (χ1v) is 10.5. The third-order valence-electron chi connectivity index (χ3n) is 4.29. The van der Waals surface area contributed by atoms with Crippen LogP contribution in [0.4, 0.5) is 11.5 Å². The lowest BCUT2D eigenvalue weighted by molar-refractivity contribution is 0.327. The summed E-state index contributed by atoms with van der Waals surface area (Å²) in [5.41, 5.74) is 2.21. The average molecular weight is 397 g/mol. The van der Waals surface area contributed by atoms with E-state index in [4.69, 9.17) is 9.29 Å². The van der Waals surface area contributed by atoms with Crippen molar-refractivity contribution in [3.8, 4) is 5.75 Å². The van der Waals surface area contributed by atoms with Crippen molar-refractivity contribution >= 4 is 22.6 Å². The van der Waals surface area contributed by atoms with E-state index in [1.54, 1.807) is 6.20 Å². The zero-order chi connectivity index (χ0) is 19.6. The summed E-state index contributed by atoms with van der Waals surface area (Å²) in [6, 6.07) is 23.9. The summed E-state index contributed by atoms with van der Waals surface area (Å²) < 4.78 is 25.4. The molecule has 0 radical (unpaired) electrons. The molecule has 5 nitrogen and oxygen atoms in total. The van der Waals surface area contributed by atoms with Crippen LogP contribution in [0.2, 0.25) is 0 Å². The molecule has 1 aromatic heterocycles. The molecule has 1 atom stereocenters. The van der Waals surface area contributed by atoms with E-state index < -0.39 is 11.1 Å². The molecule has 3 aromatic rings. The molecule has 0 saturated heterocycles. The minimum absolute atomic E-state index is 0.307. The van der Waals surface area contributed by atoms with Crippen molar-refractivity contribution in [1.82, 2.24) is 4.98 Å². The number of pyridine rings is 1. The molecular formula is C22H24N2O3S. The molecule has 1 heterocycles. The van der Waals surface area contributed by atoms with E-state index in [-0.39, 0.29) is 0 Å². The Morgan fingerprint density at radius 2 is 1.71 bits per heavy atom. The number of ether oxygens (including phenoxy) is 1. The van der Waals surface area contributed by atoms with Gasteiger partial charge in [-0.2, -0.15) is 0 Å². The molecule has 1 N–H and O–H groups in total. The van der Waals surface area contributed by atoms with Crippen LogP contribution in [0, 0.1) is 0 Å². The monoisotopic (exact) mass is 396 g/mol. The van der Waals surface area contributed by atoms with E-state index in [1.807, 2.05) is 60.7 Å². The van der Waals surface area contributed by atoms with Gasteiger partial charge in [-0.3, -0.25) is 0 Å². The Morgan fingerprint density at radius 3 is 2.39 bits per heavy atom. The molecule has 0 bridgehead atoms. The highest BCUT2D eigenvalue weighted by Gasteiger charge is 2.10. The Balaban J connectivity index is 1.56. The van der Waals surface area contributed by atoms with E-state index in [1.165, 1.54) is 0 Å². The summed E-state index contributed by atoms with van der Waals surface area (Å²) in [6.45, 7) is 1.19. The second-order valence-corrected chi connectivity index (χ2v) is 7.35. The van der Waals surface area contributed by atoms with Crippen molar-refractivity contribution in [2.45, 2.75) is 12.8 Å². The van der Waals surface area contributed by atoms with Gasteiger partial charge in [-0.05, 0) is 54.8 Å². The number of hydrogen-bond donors (Lipinski definition) is 1. The maximum absolute atomic E-state index is 10.7. The Hall–Kier alpha value is -2.70. The minimum Gasteiger partial charge on any atom is -0.492 e. The molecule has 28 heavy (non-hydrogen) atoms. The number of anilines is 2. The average Bonchev–Trinajstić information content (AvgIpc) is 2.73. The second kappa shape index (κ2) is 10.6. The predicted octanol–water partition coefficient (Wildman–Crippen LogP) is 4.45. The Bertz CT molecular complexity index is 818. The Labute approximate surface area is 168 Å². The van der Waals surface area contributed by atoms with Crippen LogP contribution in [-0.2, 0) is 17.5 Å². The Kier molecular flexibility index (Phi) is 7.58. The second-order valence-electron chi connectivity index (χ2n) is 6.30. The summed E-state index contributed by atoms with van der Waals surface area (Å²) in [4.78, 5) is 6.59. The topological polar surface area (TPSA) is 62.7 Å². The van der Waals surface area contributed by atoms with E-state index in [9.17, 15) is 4.21 Å². The lowest BCUT2D eigenvalue weighted by atomic mass is 10.1. The number of para-hydroxylation sites is 1. The number of hydrogen-bond acceptors (Lipinski definition) is 4. The van der Waals surface area contributed by atoms with Gasteiger partial charge in [0.25, 0.3) is 0 Å². The first-order chi connectivity index (χ1) is 13.7. The quantitative estimate of drug-likeness (QED) is 0.513. The van der Waals surface area contributed by atoms with Gasteiger partial charge in [0, 0.05) is 17.6 Å². The summed E-state index contributed by atoms with van der Waals surface area (Å²) >= 11 is -1.72. The molecule has 2 aromatic carbocycles. The van der Waals surface area contributed by atoms with Gasteiger partial charge >= 0.3 is 0 Å². The van der Waals surface area contributed by atoms with Crippen LogP contribution in [0.3, 0.4) is 0 Å². The van der Waals surface area contributed by atoms with Crippen molar-refractivity contribution in [3.05, 3.63) is 84.6 Å². The van der Waals surface area contributed by atoms with Crippen LogP contribution >= 0.6 is 0 Å². The van der Waals surface area contributed by atoms with Gasteiger partial charge in [0.15, 0.2) is 11.1 Å². The largest absolute Gasteiger partial charge is 0.492 e. The SMILES string of the molecule is O=S(O)CCCc1ccc(OCCN(c2ccccc2)c2ccccn2)cc1. The number of nitrogens with zero attached hydrogens (tertiary/aromatic N) is 2. The molecule has 1 unspecified atom stereocenters. The van der Waals surface area contributed by atoms with E-state index in [2.05, 4.69) is 22.0 Å². The van der Waals surface area contributed by atoms with Crippen LogP contribution < -0.4 is 9.64 Å². The predicted molar refractivity (Wildman–Crippen MR) is 114 cm³/mol. The van der Waals surface area contributed by atoms with E-state index in [0.29, 0.717) is 25.3 Å². The maximum atomic E-state index is 10.7. The van der Waals surface area contributed by atoms with Gasteiger partial charge in [0.1, 0.15) is 18.2 Å². The van der Waals surface area contributed by atoms with Gasteiger partial charge in [0.2, 0.25) is 0 Å². The molecule has 0 aliphatic rings. The third kappa shape index (κ3) is 6.18. The van der Waals surface area contributed by atoms with Gasteiger partial charge < -0.3 is 14.2 Å². The van der Waals surface area contributed by atoms with Crippen molar-refractivity contribution < 1.29 is 13.5 Å². The van der Waals surface area contributed by atoms with Crippen molar-refractivity contribution in [1.29, 1.82) is 0 Å². The normalized spacial score (nSPS) is 11.8. The maximum Gasteiger partial charge on any atom is 0.152 e. The minimum atomic E-state index is -1.72. The number of benzene rings is 2. The molecule has 3 rings (SSSR count). The van der Waals surface area contributed by atoms with Gasteiger partial charge in [0.05, 0.1) is 6.54 Å². The number of aryl methyl sites for hydroxylation is 1. The fourth-order valence-electron chi connectivity index (χ4n) is 2.90. The first-order valence-electron chi connectivity index (χ1n) is 9.25. The molecule has 0 amide bonds. The van der Waals surface area contributed by atoms with Gasteiger partial charge in [-0.25, -0.2) is 9.19 Å². The highest BCUT2D eigenvalue weighted by atomic mass is 32.2. The number of rotatable bonds is 10. The fraction of sp³-hybridized carbons (Fsp3) is 0.227. The van der Waals surface area contributed by atoms with Crippen LogP contribution in [0.15, 0.2) is 79.0 Å². The Morgan fingerprint density at radius 1 is 0.964 bits per heavy atom. The highest BCUT2D eigenvalue weighted by Crippen LogP contribution is 2.22. The fourth-order valence-corrected chi connectivity index (χ4v) is 3.30. The van der Waals surface area contributed by atoms with Crippen LogP contribution in [0.1, 0.15) is 12.0 Å². The molecule has 0 saturated carbocycles. The summed E-state index contributed by atoms with van der Waals surface area (Å²) in [5.74, 6) is 2.00. The van der Waals surface area contributed by atoms with Crippen LogP contribution in [0.5, 0.6) is 5.75 Å². The molecule has 0 aliphatic carbocycles. The zero-order valence-electron chi connectivity index (χ0n) is 15.6. The molecule has 0 spiro atoms. The lowest BCUT2D eigenvalue weighted by Crippen LogP contribution is -2.24. The first kappa shape index (κ1) is 20.0. The molecular weight excluding hydrogens is 372 g/mol. The smallest absolute Gasteiger partial charge is 0.152 e. The molecule has 0 aliphatic heterocycles. The van der Waals surface area contributed by atoms with E-state index in [0.717, 1.165) is 29.2 Å². The summed E-state index contributed by atoms with van der Waals surface area (Å²) in [7, 11) is 0. The summed E-state index contributed by atoms with van der Waals surface area (Å²) in [5, 5.41) is 0. The number of aromatic nitrogens is 1. The lowest BCUT2D eigenvalue weighted by Gasteiger charge is -2.23. The molecule has 146 valence electrons. The van der Waals surface area contributed by atoms with Crippen molar-refractivity contribution in [3.63, 3.8) is 0 Å². The standard InChI is InChI=1S/C22H24N2O3S/c25-28(26)18-6-7-19-11-13-21(14-12-19)27-17-16-24(20-8-2-1-3-9-20)22-10-4-5-15-23-22/h1-5,8-15H,6-7,16-18H2,(H,25,26). The van der Waals surface area contributed by atoms with Gasteiger partial charge in [-0.15, -0.1) is 0 Å². The van der Waals surface area contributed by atoms with E-state index >= 15 is 0 Å². The summed E-state index contributed by atoms with van der Waals surface area (Å²) in [6.07, 6.45) is 3.27. The zero-order valence-corrected chi connectivity index (χ0v) is 16.4.